The average Bonchev–Trinajstić information content (AvgIpc) is 2.14. The molecule has 78 valence electrons. The van der Waals surface area contributed by atoms with Gasteiger partial charge >= 0.3 is 5.97 Å². The molecule has 0 aromatic carbocycles. The quantitative estimate of drug-likeness (QED) is 0.378. The summed E-state index contributed by atoms with van der Waals surface area (Å²) in [5, 5.41) is 3.75. The summed E-state index contributed by atoms with van der Waals surface area (Å²) in [5.41, 5.74) is 1.92. The van der Waals surface area contributed by atoms with Crippen LogP contribution in [-0.4, -0.2) is 36.7 Å². The number of likely N-dealkylation sites (N-methyl/N-ethyl adjacent to an activating group) is 1. The van der Waals surface area contributed by atoms with E-state index in [0.717, 1.165) is 30.8 Å². The van der Waals surface area contributed by atoms with E-state index < -0.39 is 0 Å². The van der Waals surface area contributed by atoms with Crippen LogP contribution >= 0.6 is 0 Å². The molecule has 0 amide bonds. The van der Waals surface area contributed by atoms with Gasteiger partial charge in [0.2, 0.25) is 0 Å². The molecular weight excluding hydrogens is 180 g/mol. The zero-order valence-electron chi connectivity index (χ0n) is 8.91. The van der Waals surface area contributed by atoms with Gasteiger partial charge in [0.25, 0.3) is 0 Å². The van der Waals surface area contributed by atoms with Crippen molar-refractivity contribution in [3.05, 3.63) is 11.6 Å². The Kier molecular flexibility index (Phi) is 3.83. The first kappa shape index (κ1) is 10.9. The molecule has 0 atom stereocenters. The van der Waals surface area contributed by atoms with Gasteiger partial charge in [-0.2, -0.15) is 0 Å². The van der Waals surface area contributed by atoms with Crippen molar-refractivity contribution in [3.8, 4) is 0 Å². The Bertz CT molecular complexity index is 282. The van der Waals surface area contributed by atoms with Crippen molar-refractivity contribution in [2.75, 3.05) is 20.1 Å². The normalized spacial score (nSPS) is 19.1. The monoisotopic (exact) mass is 196 g/mol. The van der Waals surface area contributed by atoms with Crippen LogP contribution in [0.15, 0.2) is 16.8 Å². The smallest absolute Gasteiger partial charge is 0.318 e. The lowest BCUT2D eigenvalue weighted by molar-refractivity contribution is -0.140. The molecule has 0 aromatic heterocycles. The van der Waals surface area contributed by atoms with E-state index in [1.54, 1.807) is 0 Å². The van der Waals surface area contributed by atoms with Crippen LogP contribution in [-0.2, 0) is 9.63 Å². The van der Waals surface area contributed by atoms with Gasteiger partial charge in [-0.25, -0.2) is 4.79 Å². The van der Waals surface area contributed by atoms with Crippen LogP contribution in [0.2, 0.25) is 0 Å². The third kappa shape index (κ3) is 3.30. The van der Waals surface area contributed by atoms with Gasteiger partial charge in [-0.3, -0.25) is 0 Å². The van der Waals surface area contributed by atoms with Gasteiger partial charge in [-0.05, 0) is 26.0 Å². The SMILES string of the molecule is CC(=O)O/N=C(/C)C1=CCCN(C)C1. The Morgan fingerprint density at radius 1 is 1.57 bits per heavy atom. The fourth-order valence-corrected chi connectivity index (χ4v) is 1.35. The van der Waals surface area contributed by atoms with Gasteiger partial charge < -0.3 is 9.74 Å². The van der Waals surface area contributed by atoms with Crippen LogP contribution in [0.4, 0.5) is 0 Å². The molecule has 0 spiro atoms. The third-order valence-corrected chi connectivity index (χ3v) is 2.12. The van der Waals surface area contributed by atoms with Crippen molar-refractivity contribution in [1.29, 1.82) is 0 Å². The van der Waals surface area contributed by atoms with E-state index in [2.05, 4.69) is 28.0 Å². The van der Waals surface area contributed by atoms with Crippen molar-refractivity contribution in [1.82, 2.24) is 4.90 Å². The zero-order chi connectivity index (χ0) is 10.6. The first-order valence-corrected chi connectivity index (χ1v) is 4.69. The fourth-order valence-electron chi connectivity index (χ4n) is 1.35. The number of nitrogens with zero attached hydrogens (tertiary/aromatic N) is 2. The summed E-state index contributed by atoms with van der Waals surface area (Å²) >= 11 is 0. The van der Waals surface area contributed by atoms with Gasteiger partial charge in [0.1, 0.15) is 0 Å². The minimum atomic E-state index is -0.380. The summed E-state index contributed by atoms with van der Waals surface area (Å²) < 4.78 is 0. The van der Waals surface area contributed by atoms with Crippen molar-refractivity contribution in [2.24, 2.45) is 5.16 Å². The predicted molar refractivity (Wildman–Crippen MR) is 55.1 cm³/mol. The number of carbonyl (C=O) groups is 1. The highest BCUT2D eigenvalue weighted by atomic mass is 16.7. The van der Waals surface area contributed by atoms with E-state index in [9.17, 15) is 4.79 Å². The molecule has 4 nitrogen and oxygen atoms in total. The summed E-state index contributed by atoms with van der Waals surface area (Å²) in [7, 11) is 2.06. The van der Waals surface area contributed by atoms with Gasteiger partial charge in [0.05, 0.1) is 5.71 Å². The summed E-state index contributed by atoms with van der Waals surface area (Å²) in [6, 6.07) is 0. The molecule has 0 saturated carbocycles. The molecule has 0 aromatic rings. The third-order valence-electron chi connectivity index (χ3n) is 2.12. The molecule has 0 fully saturated rings. The van der Waals surface area contributed by atoms with Crippen LogP contribution in [0.5, 0.6) is 0 Å². The van der Waals surface area contributed by atoms with Crippen LogP contribution in [0.3, 0.4) is 0 Å². The van der Waals surface area contributed by atoms with Gasteiger partial charge in [-0.15, -0.1) is 0 Å². The summed E-state index contributed by atoms with van der Waals surface area (Å²) in [4.78, 5) is 17.3. The van der Waals surface area contributed by atoms with Crippen LogP contribution < -0.4 is 0 Å². The standard InChI is InChI=1S/C10H16N2O2/c1-8(11-14-9(2)13)10-5-4-6-12(3)7-10/h5H,4,6-7H2,1-3H3/b11-8-. The fraction of sp³-hybridized carbons (Fsp3) is 0.600. The summed E-state index contributed by atoms with van der Waals surface area (Å²) in [6.45, 7) is 5.15. The highest BCUT2D eigenvalue weighted by Gasteiger charge is 2.11. The second-order valence-electron chi connectivity index (χ2n) is 3.52. The Morgan fingerprint density at radius 3 is 2.86 bits per heavy atom. The first-order valence-electron chi connectivity index (χ1n) is 4.69. The molecule has 14 heavy (non-hydrogen) atoms. The molecule has 0 aliphatic carbocycles. The topological polar surface area (TPSA) is 41.9 Å². The average molecular weight is 196 g/mol. The molecule has 4 heteroatoms. The number of carbonyl (C=O) groups excluding carboxylic acids is 1. The van der Waals surface area contributed by atoms with E-state index in [1.165, 1.54) is 6.92 Å². The molecule has 0 N–H and O–H groups in total. The predicted octanol–water partition coefficient (Wildman–Crippen LogP) is 1.19. The second-order valence-corrected chi connectivity index (χ2v) is 3.52. The lowest BCUT2D eigenvalue weighted by atomic mass is 10.1. The number of oxime groups is 1. The van der Waals surface area contributed by atoms with Crippen molar-refractivity contribution in [2.45, 2.75) is 20.3 Å². The molecule has 1 rings (SSSR count). The first-order chi connectivity index (χ1) is 6.59. The Morgan fingerprint density at radius 2 is 2.29 bits per heavy atom. The molecule has 1 aliphatic heterocycles. The molecule has 0 unspecified atom stereocenters. The van der Waals surface area contributed by atoms with E-state index in [1.807, 2.05) is 6.92 Å². The lowest BCUT2D eigenvalue weighted by Gasteiger charge is -2.22. The molecular formula is C10H16N2O2. The largest absolute Gasteiger partial charge is 0.331 e. The minimum Gasteiger partial charge on any atom is -0.318 e. The number of rotatable bonds is 2. The second kappa shape index (κ2) is 4.91. The maximum Gasteiger partial charge on any atom is 0.331 e. The highest BCUT2D eigenvalue weighted by molar-refractivity contribution is 5.98. The van der Waals surface area contributed by atoms with Crippen molar-refractivity contribution >= 4 is 11.7 Å². The lowest BCUT2D eigenvalue weighted by Crippen LogP contribution is -2.28. The van der Waals surface area contributed by atoms with E-state index in [-0.39, 0.29) is 5.97 Å². The highest BCUT2D eigenvalue weighted by Crippen LogP contribution is 2.09. The molecule has 1 aliphatic rings. The van der Waals surface area contributed by atoms with Crippen molar-refractivity contribution < 1.29 is 9.63 Å². The Balaban J connectivity index is 2.59. The minimum absolute atomic E-state index is 0.380. The Labute approximate surface area is 84.2 Å². The number of hydrogen-bond donors (Lipinski definition) is 0. The number of hydrogen-bond acceptors (Lipinski definition) is 4. The molecule has 0 saturated heterocycles. The van der Waals surface area contributed by atoms with E-state index in [0.29, 0.717) is 0 Å². The molecule has 0 radical (unpaired) electrons. The maximum absolute atomic E-state index is 10.5. The van der Waals surface area contributed by atoms with Crippen LogP contribution in [0.25, 0.3) is 0 Å². The summed E-state index contributed by atoms with van der Waals surface area (Å²) in [5.74, 6) is -0.380. The van der Waals surface area contributed by atoms with Gasteiger partial charge in [-0.1, -0.05) is 11.2 Å². The Hall–Kier alpha value is -1.16. The maximum atomic E-state index is 10.5. The zero-order valence-corrected chi connectivity index (χ0v) is 8.91. The van der Waals surface area contributed by atoms with Crippen LogP contribution in [0.1, 0.15) is 20.3 Å². The van der Waals surface area contributed by atoms with E-state index in [4.69, 9.17) is 0 Å². The van der Waals surface area contributed by atoms with Gasteiger partial charge in [0.15, 0.2) is 0 Å². The van der Waals surface area contributed by atoms with Crippen molar-refractivity contribution in [3.63, 3.8) is 0 Å². The van der Waals surface area contributed by atoms with Gasteiger partial charge in [0, 0.05) is 20.0 Å². The van der Waals surface area contributed by atoms with Crippen LogP contribution in [0, 0.1) is 0 Å². The molecule has 1 heterocycles. The summed E-state index contributed by atoms with van der Waals surface area (Å²) in [6.07, 6.45) is 3.17. The molecule has 0 bridgehead atoms. The van der Waals surface area contributed by atoms with E-state index >= 15 is 0 Å².